The second-order valence-corrected chi connectivity index (χ2v) is 8.10. The van der Waals surface area contributed by atoms with Crippen LogP contribution in [0, 0.1) is 5.82 Å². The molecule has 4 aromatic rings. The van der Waals surface area contributed by atoms with Gasteiger partial charge in [-0.25, -0.2) is 9.37 Å². The second-order valence-electron chi connectivity index (χ2n) is 8.10. The van der Waals surface area contributed by atoms with Gasteiger partial charge in [-0.05, 0) is 49.2 Å². The molecule has 0 aliphatic carbocycles. The molecule has 1 aliphatic heterocycles. The number of fused-ring (bicyclic) bond motifs is 1. The van der Waals surface area contributed by atoms with Gasteiger partial charge in [0.05, 0.1) is 23.3 Å². The second kappa shape index (κ2) is 8.00. The largest absolute Gasteiger partial charge is 0.366 e. The number of carbonyl (C=O) groups excluding carboxylic acids is 1. The highest BCUT2D eigenvalue weighted by atomic mass is 19.1. The summed E-state index contributed by atoms with van der Waals surface area (Å²) in [5.74, 6) is 0.517. The Morgan fingerprint density at radius 1 is 1.06 bits per heavy atom. The van der Waals surface area contributed by atoms with Crippen LogP contribution in [0.5, 0.6) is 0 Å². The van der Waals surface area contributed by atoms with E-state index >= 15 is 0 Å². The molecule has 0 bridgehead atoms. The first-order valence-corrected chi connectivity index (χ1v) is 10.6. The van der Waals surface area contributed by atoms with E-state index in [0.29, 0.717) is 17.2 Å². The predicted octanol–water partition coefficient (Wildman–Crippen LogP) is 4.81. The lowest BCUT2D eigenvalue weighted by atomic mass is 10.0. The molecule has 160 valence electrons. The standard InChI is InChI=1S/C25H22FN5O/c1-15-3-2-12-31-23(22(30-25(15)31)20-9-8-19(26)14-29-20)18-10-11-28-21(13-18)16-4-6-17(7-5-16)24(27)32/h4-11,13-15H,2-3,12H2,1H3,(H2,27,32)/t15-/m0/s1. The molecular formula is C25H22FN5O. The number of halogens is 1. The van der Waals surface area contributed by atoms with E-state index in [2.05, 4.69) is 21.5 Å². The van der Waals surface area contributed by atoms with Crippen molar-refractivity contribution in [1.82, 2.24) is 19.5 Å². The van der Waals surface area contributed by atoms with Gasteiger partial charge in [0.25, 0.3) is 0 Å². The molecule has 6 nitrogen and oxygen atoms in total. The lowest BCUT2D eigenvalue weighted by Gasteiger charge is -2.22. The van der Waals surface area contributed by atoms with Crippen molar-refractivity contribution in [3.63, 3.8) is 0 Å². The van der Waals surface area contributed by atoms with Gasteiger partial charge < -0.3 is 10.3 Å². The van der Waals surface area contributed by atoms with Crippen molar-refractivity contribution in [1.29, 1.82) is 0 Å². The quantitative estimate of drug-likeness (QED) is 0.506. The van der Waals surface area contributed by atoms with E-state index in [1.165, 1.54) is 12.3 Å². The Morgan fingerprint density at radius 3 is 2.59 bits per heavy atom. The average molecular weight is 427 g/mol. The van der Waals surface area contributed by atoms with Crippen molar-refractivity contribution < 1.29 is 9.18 Å². The molecule has 1 aromatic carbocycles. The number of imidazole rings is 1. The van der Waals surface area contributed by atoms with Crippen LogP contribution < -0.4 is 5.73 Å². The summed E-state index contributed by atoms with van der Waals surface area (Å²) < 4.78 is 15.8. The predicted molar refractivity (Wildman–Crippen MR) is 120 cm³/mol. The lowest BCUT2D eigenvalue weighted by Crippen LogP contribution is -2.14. The zero-order chi connectivity index (χ0) is 22.2. The van der Waals surface area contributed by atoms with Gasteiger partial charge in [0.15, 0.2) is 0 Å². The fourth-order valence-corrected chi connectivity index (χ4v) is 4.29. The Labute approximate surface area is 185 Å². The molecule has 1 amide bonds. The van der Waals surface area contributed by atoms with Gasteiger partial charge in [0, 0.05) is 35.3 Å². The van der Waals surface area contributed by atoms with Crippen LogP contribution in [0.2, 0.25) is 0 Å². The van der Waals surface area contributed by atoms with Gasteiger partial charge in [0.2, 0.25) is 5.91 Å². The molecule has 7 heteroatoms. The maximum atomic E-state index is 13.5. The summed E-state index contributed by atoms with van der Waals surface area (Å²) >= 11 is 0. The number of benzene rings is 1. The molecule has 4 heterocycles. The molecule has 2 N–H and O–H groups in total. The Kier molecular flexibility index (Phi) is 5.01. The number of amides is 1. The highest BCUT2D eigenvalue weighted by Crippen LogP contribution is 2.38. The number of nitrogens with two attached hydrogens (primary N) is 1. The van der Waals surface area contributed by atoms with E-state index in [1.54, 1.807) is 24.4 Å². The Morgan fingerprint density at radius 2 is 1.88 bits per heavy atom. The number of pyridine rings is 2. The number of hydrogen-bond donors (Lipinski definition) is 1. The maximum Gasteiger partial charge on any atom is 0.248 e. The fraction of sp³-hybridized carbons (Fsp3) is 0.200. The number of rotatable bonds is 4. The Bertz CT molecular complexity index is 1300. The van der Waals surface area contributed by atoms with Crippen LogP contribution in [-0.4, -0.2) is 25.4 Å². The molecule has 1 atom stereocenters. The average Bonchev–Trinajstić information content (AvgIpc) is 3.21. The summed E-state index contributed by atoms with van der Waals surface area (Å²) in [5.41, 5.74) is 10.8. The number of carbonyl (C=O) groups is 1. The van der Waals surface area contributed by atoms with Crippen molar-refractivity contribution in [2.45, 2.75) is 32.2 Å². The first kappa shape index (κ1) is 20.1. The number of primary amides is 1. The molecule has 32 heavy (non-hydrogen) atoms. The molecule has 0 saturated heterocycles. The smallest absolute Gasteiger partial charge is 0.248 e. The summed E-state index contributed by atoms with van der Waals surface area (Å²) in [6.45, 7) is 3.05. The van der Waals surface area contributed by atoms with Crippen LogP contribution in [0.25, 0.3) is 33.9 Å². The number of nitrogens with zero attached hydrogens (tertiary/aromatic N) is 4. The van der Waals surface area contributed by atoms with E-state index in [1.807, 2.05) is 24.3 Å². The first-order valence-electron chi connectivity index (χ1n) is 10.6. The monoisotopic (exact) mass is 427 g/mol. The third kappa shape index (κ3) is 3.56. The van der Waals surface area contributed by atoms with Crippen molar-refractivity contribution in [3.05, 3.63) is 78.1 Å². The van der Waals surface area contributed by atoms with Gasteiger partial charge in [-0.15, -0.1) is 0 Å². The van der Waals surface area contributed by atoms with E-state index in [-0.39, 0.29) is 5.82 Å². The van der Waals surface area contributed by atoms with Gasteiger partial charge in [0.1, 0.15) is 17.3 Å². The molecule has 1 aliphatic rings. The van der Waals surface area contributed by atoms with E-state index in [9.17, 15) is 9.18 Å². The SMILES string of the molecule is C[C@H]1CCCn2c1nc(-c1ccc(F)cn1)c2-c1ccnc(-c2ccc(C(N)=O)cc2)c1. The van der Waals surface area contributed by atoms with Crippen molar-refractivity contribution >= 4 is 5.91 Å². The van der Waals surface area contributed by atoms with Crippen LogP contribution in [0.15, 0.2) is 60.9 Å². The minimum atomic E-state index is -0.463. The zero-order valence-electron chi connectivity index (χ0n) is 17.6. The molecule has 0 saturated carbocycles. The molecule has 3 aromatic heterocycles. The van der Waals surface area contributed by atoms with Crippen LogP contribution in [-0.2, 0) is 6.54 Å². The van der Waals surface area contributed by atoms with Gasteiger partial charge in [-0.2, -0.15) is 0 Å². The molecule has 0 fully saturated rings. The van der Waals surface area contributed by atoms with E-state index in [0.717, 1.165) is 53.4 Å². The normalized spacial score (nSPS) is 15.4. The highest BCUT2D eigenvalue weighted by molar-refractivity contribution is 5.93. The van der Waals surface area contributed by atoms with Crippen molar-refractivity contribution in [2.75, 3.05) is 0 Å². The molecule has 5 rings (SSSR count). The minimum Gasteiger partial charge on any atom is -0.366 e. The number of hydrogen-bond acceptors (Lipinski definition) is 4. The zero-order valence-corrected chi connectivity index (χ0v) is 17.6. The van der Waals surface area contributed by atoms with Crippen molar-refractivity contribution in [3.8, 4) is 33.9 Å². The first-order chi connectivity index (χ1) is 15.5. The Balaban J connectivity index is 1.65. The van der Waals surface area contributed by atoms with Crippen LogP contribution in [0.4, 0.5) is 4.39 Å². The van der Waals surface area contributed by atoms with Gasteiger partial charge >= 0.3 is 0 Å². The van der Waals surface area contributed by atoms with Crippen LogP contribution >= 0.6 is 0 Å². The van der Waals surface area contributed by atoms with Crippen LogP contribution in [0.1, 0.15) is 41.9 Å². The van der Waals surface area contributed by atoms with Gasteiger partial charge in [-0.1, -0.05) is 19.1 Å². The summed E-state index contributed by atoms with van der Waals surface area (Å²) in [5, 5.41) is 0. The molecule has 0 radical (unpaired) electrons. The fourth-order valence-electron chi connectivity index (χ4n) is 4.29. The lowest BCUT2D eigenvalue weighted by molar-refractivity contribution is 0.100. The topological polar surface area (TPSA) is 86.7 Å². The van der Waals surface area contributed by atoms with E-state index < -0.39 is 5.91 Å². The Hall–Kier alpha value is -3.87. The number of aromatic nitrogens is 4. The van der Waals surface area contributed by atoms with Crippen molar-refractivity contribution in [2.24, 2.45) is 5.73 Å². The van der Waals surface area contributed by atoms with Crippen LogP contribution in [0.3, 0.4) is 0 Å². The molecule has 0 unspecified atom stereocenters. The van der Waals surface area contributed by atoms with E-state index in [4.69, 9.17) is 10.7 Å². The van der Waals surface area contributed by atoms with Gasteiger partial charge in [-0.3, -0.25) is 14.8 Å². The third-order valence-electron chi connectivity index (χ3n) is 5.93. The molecular weight excluding hydrogens is 405 g/mol. The summed E-state index contributed by atoms with van der Waals surface area (Å²) in [7, 11) is 0. The summed E-state index contributed by atoms with van der Waals surface area (Å²) in [6.07, 6.45) is 5.14. The minimum absolute atomic E-state index is 0.333. The third-order valence-corrected chi connectivity index (χ3v) is 5.93. The summed E-state index contributed by atoms with van der Waals surface area (Å²) in [4.78, 5) is 25.2. The molecule has 0 spiro atoms. The highest BCUT2D eigenvalue weighted by Gasteiger charge is 2.26. The summed E-state index contributed by atoms with van der Waals surface area (Å²) in [6, 6.07) is 14.1. The maximum absolute atomic E-state index is 13.5.